The minimum absolute atomic E-state index is 0.214. The van der Waals surface area contributed by atoms with Gasteiger partial charge in [0.2, 0.25) is 5.91 Å². The largest absolute Gasteiger partial charge is 0.304 e. The van der Waals surface area contributed by atoms with Crippen molar-refractivity contribution in [1.29, 1.82) is 5.26 Å². The molecule has 3 aromatic carbocycles. The lowest BCUT2D eigenvalue weighted by Crippen LogP contribution is -2.54. The van der Waals surface area contributed by atoms with Crippen molar-refractivity contribution < 1.29 is 14.0 Å². The molecule has 0 radical (unpaired) electrons. The third-order valence-electron chi connectivity index (χ3n) is 5.18. The molecule has 2 amide bonds. The van der Waals surface area contributed by atoms with Gasteiger partial charge in [0, 0.05) is 5.56 Å². The number of nitriles is 1. The molecule has 0 fully saturated rings. The molecular formula is C24H18FN3O2. The molecule has 5 nitrogen and oxygen atoms in total. The number of hydrogen-bond acceptors (Lipinski definition) is 3. The number of rotatable bonds is 3. The molecule has 0 spiro atoms. The van der Waals surface area contributed by atoms with E-state index in [2.05, 4.69) is 6.07 Å². The summed E-state index contributed by atoms with van der Waals surface area (Å²) in [5.41, 5.74) is 2.98. The van der Waals surface area contributed by atoms with Crippen LogP contribution in [0.4, 0.5) is 15.8 Å². The predicted octanol–water partition coefficient (Wildman–Crippen LogP) is 4.28. The van der Waals surface area contributed by atoms with Crippen molar-refractivity contribution in [2.45, 2.75) is 19.5 Å². The Bertz CT molecular complexity index is 1150. The number of halogens is 1. The quantitative estimate of drug-likeness (QED) is 0.660. The second-order valence-corrected chi connectivity index (χ2v) is 7.08. The predicted molar refractivity (Wildman–Crippen MR) is 111 cm³/mol. The van der Waals surface area contributed by atoms with Crippen LogP contribution in [0.5, 0.6) is 0 Å². The third kappa shape index (κ3) is 3.42. The van der Waals surface area contributed by atoms with Gasteiger partial charge in [-0.3, -0.25) is 14.5 Å². The lowest BCUT2D eigenvalue weighted by atomic mass is 10.0. The molecule has 6 heteroatoms. The van der Waals surface area contributed by atoms with Gasteiger partial charge in [0.25, 0.3) is 5.91 Å². The van der Waals surface area contributed by atoms with Gasteiger partial charge in [0.1, 0.15) is 11.9 Å². The van der Waals surface area contributed by atoms with E-state index in [1.807, 2.05) is 24.3 Å². The summed E-state index contributed by atoms with van der Waals surface area (Å²) in [5.74, 6) is -1.00. The van der Waals surface area contributed by atoms with E-state index in [-0.39, 0.29) is 11.8 Å². The van der Waals surface area contributed by atoms with Gasteiger partial charge in [0.05, 0.1) is 29.6 Å². The van der Waals surface area contributed by atoms with Gasteiger partial charge in [-0.05, 0) is 61.0 Å². The van der Waals surface area contributed by atoms with E-state index in [1.165, 1.54) is 29.2 Å². The molecule has 30 heavy (non-hydrogen) atoms. The number of benzene rings is 3. The van der Waals surface area contributed by atoms with E-state index in [4.69, 9.17) is 5.26 Å². The van der Waals surface area contributed by atoms with Crippen molar-refractivity contribution in [3.63, 3.8) is 0 Å². The fraction of sp³-hybridized carbons (Fsp3) is 0.125. The van der Waals surface area contributed by atoms with Crippen LogP contribution in [-0.2, 0) is 11.3 Å². The fourth-order valence-corrected chi connectivity index (χ4v) is 3.61. The first kappa shape index (κ1) is 19.3. The van der Waals surface area contributed by atoms with Crippen LogP contribution in [0.1, 0.15) is 28.4 Å². The van der Waals surface area contributed by atoms with Gasteiger partial charge in [-0.25, -0.2) is 4.39 Å². The first-order valence-electron chi connectivity index (χ1n) is 9.48. The number of amides is 2. The van der Waals surface area contributed by atoms with E-state index < -0.39 is 11.9 Å². The summed E-state index contributed by atoms with van der Waals surface area (Å²) in [6.07, 6.45) is 0. The standard InChI is InChI=1S/C24H18FN3O2/c1-16-23(29)27(15-18-8-6-17(14-26)7-9-18)21-4-2-3-5-22(21)28(16)24(30)19-10-12-20(25)13-11-19/h2-13,16H,15H2,1H3. The molecular weight excluding hydrogens is 381 g/mol. The zero-order chi connectivity index (χ0) is 21.3. The van der Waals surface area contributed by atoms with Crippen molar-refractivity contribution in [2.75, 3.05) is 9.80 Å². The van der Waals surface area contributed by atoms with Crippen LogP contribution in [0.25, 0.3) is 0 Å². The lowest BCUT2D eigenvalue weighted by molar-refractivity contribution is -0.119. The van der Waals surface area contributed by atoms with Crippen LogP contribution in [0, 0.1) is 17.1 Å². The third-order valence-corrected chi connectivity index (χ3v) is 5.18. The van der Waals surface area contributed by atoms with Gasteiger partial charge >= 0.3 is 0 Å². The maximum Gasteiger partial charge on any atom is 0.259 e. The van der Waals surface area contributed by atoms with Gasteiger partial charge in [-0.15, -0.1) is 0 Å². The Balaban J connectivity index is 1.72. The van der Waals surface area contributed by atoms with E-state index >= 15 is 0 Å². The summed E-state index contributed by atoms with van der Waals surface area (Å²) in [7, 11) is 0. The van der Waals surface area contributed by atoms with E-state index in [1.54, 1.807) is 36.1 Å². The average molecular weight is 399 g/mol. The van der Waals surface area contributed by atoms with E-state index in [9.17, 15) is 14.0 Å². The van der Waals surface area contributed by atoms with Crippen molar-refractivity contribution in [3.05, 3.63) is 95.3 Å². The van der Waals surface area contributed by atoms with E-state index in [0.29, 0.717) is 29.0 Å². The molecule has 0 N–H and O–H groups in total. The van der Waals surface area contributed by atoms with Gasteiger partial charge in [-0.2, -0.15) is 5.26 Å². The number of anilines is 2. The van der Waals surface area contributed by atoms with Crippen LogP contribution in [-0.4, -0.2) is 17.9 Å². The summed E-state index contributed by atoms with van der Waals surface area (Å²) in [6.45, 7) is 2.01. The van der Waals surface area contributed by atoms with Crippen LogP contribution < -0.4 is 9.80 Å². The minimum atomic E-state index is -0.726. The number of carbonyl (C=O) groups is 2. The fourth-order valence-electron chi connectivity index (χ4n) is 3.61. The maximum atomic E-state index is 13.3. The highest BCUT2D eigenvalue weighted by Crippen LogP contribution is 2.37. The molecule has 0 saturated heterocycles. The Morgan fingerprint density at radius 1 is 1.00 bits per heavy atom. The number of para-hydroxylation sites is 2. The zero-order valence-corrected chi connectivity index (χ0v) is 16.2. The summed E-state index contributed by atoms with van der Waals surface area (Å²) in [4.78, 5) is 29.5. The van der Waals surface area contributed by atoms with Gasteiger partial charge in [0.15, 0.2) is 0 Å². The Hall–Kier alpha value is -3.98. The molecule has 1 aliphatic rings. The summed E-state index contributed by atoms with van der Waals surface area (Å²) in [5, 5.41) is 8.97. The van der Waals surface area contributed by atoms with Crippen LogP contribution >= 0.6 is 0 Å². The molecule has 0 saturated carbocycles. The number of carbonyl (C=O) groups excluding carboxylic acids is 2. The van der Waals surface area contributed by atoms with Gasteiger partial charge in [-0.1, -0.05) is 24.3 Å². The highest BCUT2D eigenvalue weighted by Gasteiger charge is 2.38. The molecule has 0 bridgehead atoms. The SMILES string of the molecule is CC1C(=O)N(Cc2ccc(C#N)cc2)c2ccccc2N1C(=O)c1ccc(F)cc1. The molecule has 1 unspecified atom stereocenters. The molecule has 3 aromatic rings. The Morgan fingerprint density at radius 2 is 1.63 bits per heavy atom. The lowest BCUT2D eigenvalue weighted by Gasteiger charge is -2.40. The van der Waals surface area contributed by atoms with Crippen molar-refractivity contribution in [1.82, 2.24) is 0 Å². The highest BCUT2D eigenvalue weighted by atomic mass is 19.1. The normalized spacial score (nSPS) is 15.5. The number of fused-ring (bicyclic) bond motifs is 1. The molecule has 1 heterocycles. The van der Waals surface area contributed by atoms with Gasteiger partial charge < -0.3 is 4.90 Å². The average Bonchev–Trinajstić information content (AvgIpc) is 2.77. The van der Waals surface area contributed by atoms with Crippen molar-refractivity contribution in [3.8, 4) is 6.07 Å². The summed E-state index contributed by atoms with van der Waals surface area (Å²) < 4.78 is 13.3. The monoisotopic (exact) mass is 399 g/mol. The molecule has 0 aliphatic carbocycles. The second-order valence-electron chi connectivity index (χ2n) is 7.08. The number of nitrogens with zero attached hydrogens (tertiary/aromatic N) is 3. The van der Waals surface area contributed by atoms with E-state index in [0.717, 1.165) is 5.56 Å². The Kier molecular flexibility index (Phi) is 5.03. The smallest absolute Gasteiger partial charge is 0.259 e. The summed E-state index contributed by atoms with van der Waals surface area (Å²) >= 11 is 0. The molecule has 1 atom stereocenters. The van der Waals surface area contributed by atoms with Crippen LogP contribution in [0.2, 0.25) is 0 Å². The van der Waals surface area contributed by atoms with Crippen molar-refractivity contribution >= 4 is 23.2 Å². The Labute approximate surface area is 173 Å². The van der Waals surface area contributed by atoms with Crippen molar-refractivity contribution in [2.24, 2.45) is 0 Å². The Morgan fingerprint density at radius 3 is 2.27 bits per heavy atom. The molecule has 0 aromatic heterocycles. The highest BCUT2D eigenvalue weighted by molar-refractivity contribution is 6.17. The molecule has 148 valence electrons. The first-order valence-corrected chi connectivity index (χ1v) is 9.48. The second kappa shape index (κ2) is 7.80. The number of hydrogen-bond donors (Lipinski definition) is 0. The zero-order valence-electron chi connectivity index (χ0n) is 16.2. The summed E-state index contributed by atoms with van der Waals surface area (Å²) in [6, 6.07) is 20.9. The molecule has 1 aliphatic heterocycles. The maximum absolute atomic E-state index is 13.3. The molecule has 4 rings (SSSR count). The van der Waals surface area contributed by atoms with Crippen LogP contribution in [0.15, 0.2) is 72.8 Å². The topological polar surface area (TPSA) is 64.4 Å². The minimum Gasteiger partial charge on any atom is -0.304 e. The van der Waals surface area contributed by atoms with Crippen LogP contribution in [0.3, 0.4) is 0 Å². The first-order chi connectivity index (χ1) is 14.5.